The molecule has 2 aromatic rings. The van der Waals surface area contributed by atoms with Crippen molar-refractivity contribution in [1.82, 2.24) is 14.7 Å². The van der Waals surface area contributed by atoms with Gasteiger partial charge in [-0.2, -0.15) is 5.10 Å². The Labute approximate surface area is 157 Å². The van der Waals surface area contributed by atoms with Gasteiger partial charge in [0, 0.05) is 13.1 Å². The van der Waals surface area contributed by atoms with E-state index in [-0.39, 0.29) is 5.91 Å². The Balaban J connectivity index is 1.38. The lowest BCUT2D eigenvalue weighted by molar-refractivity contribution is 0.0749. The van der Waals surface area contributed by atoms with Gasteiger partial charge in [-0.1, -0.05) is 0 Å². The Hall–Kier alpha value is -1.66. The maximum absolute atomic E-state index is 13.2. The van der Waals surface area contributed by atoms with E-state index in [1.165, 1.54) is 24.0 Å². The first-order valence-electron chi connectivity index (χ1n) is 9.84. The van der Waals surface area contributed by atoms with Crippen LogP contribution in [0, 0.1) is 5.92 Å². The summed E-state index contributed by atoms with van der Waals surface area (Å²) in [6.45, 7) is 2.18. The molecular weight excluding hydrogens is 346 g/mol. The molecule has 1 aliphatic heterocycles. The average molecular weight is 372 g/mol. The summed E-state index contributed by atoms with van der Waals surface area (Å²) in [6, 6.07) is 2.01. The molecule has 26 heavy (non-hydrogen) atoms. The predicted molar refractivity (Wildman–Crippen MR) is 100 cm³/mol. The minimum absolute atomic E-state index is 0.178. The zero-order valence-corrected chi connectivity index (χ0v) is 15.8. The highest BCUT2D eigenvalue weighted by Gasteiger charge is 2.33. The molecule has 2 aromatic heterocycles. The summed E-state index contributed by atoms with van der Waals surface area (Å²) in [7, 11) is 0. The molecule has 5 nitrogen and oxygen atoms in total. The van der Waals surface area contributed by atoms with Gasteiger partial charge in [-0.15, -0.1) is 11.3 Å². The Morgan fingerprint density at radius 3 is 2.92 bits per heavy atom. The normalized spacial score (nSPS) is 21.0. The summed E-state index contributed by atoms with van der Waals surface area (Å²) in [4.78, 5) is 16.1. The predicted octanol–water partition coefficient (Wildman–Crippen LogP) is 3.31. The van der Waals surface area contributed by atoms with Crippen LogP contribution in [0.3, 0.4) is 0 Å². The molecular formula is C20H25N3O2S. The first-order chi connectivity index (χ1) is 12.7. The molecule has 2 aliphatic carbocycles. The van der Waals surface area contributed by atoms with Gasteiger partial charge >= 0.3 is 0 Å². The van der Waals surface area contributed by atoms with E-state index in [9.17, 15) is 9.90 Å². The van der Waals surface area contributed by atoms with Crippen molar-refractivity contribution in [3.8, 4) is 0 Å². The van der Waals surface area contributed by atoms with E-state index >= 15 is 0 Å². The number of aliphatic hydroxyl groups excluding tert-OH is 1. The molecule has 1 amide bonds. The van der Waals surface area contributed by atoms with Gasteiger partial charge < -0.3 is 10.0 Å². The van der Waals surface area contributed by atoms with E-state index in [0.717, 1.165) is 61.5 Å². The number of nitrogens with zero attached hydrogens (tertiary/aromatic N) is 3. The number of thiophene rings is 1. The molecule has 6 heteroatoms. The van der Waals surface area contributed by atoms with Crippen LogP contribution in [0.2, 0.25) is 0 Å². The molecule has 5 rings (SSSR count). The number of aryl methyl sites for hydroxylation is 2. The first kappa shape index (κ1) is 16.5. The van der Waals surface area contributed by atoms with Crippen LogP contribution in [0.4, 0.5) is 0 Å². The quantitative estimate of drug-likeness (QED) is 0.900. The highest BCUT2D eigenvalue weighted by Crippen LogP contribution is 2.40. The summed E-state index contributed by atoms with van der Waals surface area (Å²) >= 11 is 1.62. The van der Waals surface area contributed by atoms with Gasteiger partial charge in [0.05, 0.1) is 22.8 Å². The maximum Gasteiger partial charge on any atom is 0.264 e. The lowest BCUT2D eigenvalue weighted by atomic mass is 9.93. The molecule has 1 atom stereocenters. The highest BCUT2D eigenvalue weighted by atomic mass is 32.1. The van der Waals surface area contributed by atoms with Crippen LogP contribution < -0.4 is 0 Å². The number of amides is 1. The van der Waals surface area contributed by atoms with Gasteiger partial charge in [-0.25, -0.2) is 0 Å². The molecule has 1 fully saturated rings. The van der Waals surface area contributed by atoms with Crippen LogP contribution in [-0.4, -0.2) is 32.2 Å². The van der Waals surface area contributed by atoms with Crippen molar-refractivity contribution >= 4 is 17.2 Å². The number of carbonyl (C=O) groups excluding carboxylic acids is 1. The summed E-state index contributed by atoms with van der Waals surface area (Å²) in [5.41, 5.74) is 4.52. The van der Waals surface area contributed by atoms with Crippen molar-refractivity contribution < 1.29 is 9.90 Å². The van der Waals surface area contributed by atoms with Gasteiger partial charge in [0.2, 0.25) is 0 Å². The number of rotatable bonds is 3. The zero-order valence-electron chi connectivity index (χ0n) is 15.0. The van der Waals surface area contributed by atoms with Crippen molar-refractivity contribution in [1.29, 1.82) is 0 Å². The molecule has 0 spiro atoms. The van der Waals surface area contributed by atoms with E-state index in [2.05, 4.69) is 10.5 Å². The summed E-state index contributed by atoms with van der Waals surface area (Å²) in [6.07, 6.45) is 7.26. The maximum atomic E-state index is 13.2. The Bertz CT molecular complexity index is 836. The number of carbonyl (C=O) groups is 1. The number of hydrogen-bond acceptors (Lipinski definition) is 4. The second kappa shape index (κ2) is 6.50. The largest absolute Gasteiger partial charge is 0.386 e. The van der Waals surface area contributed by atoms with E-state index in [4.69, 9.17) is 0 Å². The van der Waals surface area contributed by atoms with E-state index in [1.807, 2.05) is 15.6 Å². The lowest BCUT2D eigenvalue weighted by Gasteiger charge is -2.21. The summed E-state index contributed by atoms with van der Waals surface area (Å²) in [5, 5.41) is 17.2. The fraction of sp³-hybridized carbons (Fsp3) is 0.600. The highest BCUT2D eigenvalue weighted by molar-refractivity contribution is 7.12. The molecule has 3 heterocycles. The molecule has 0 radical (unpaired) electrons. The SMILES string of the molecule is O=C(c1scc2c1CCCC2)N1CCCn2nc(C(O)C3CC3)cc2C1. The minimum Gasteiger partial charge on any atom is -0.386 e. The molecule has 0 bridgehead atoms. The Morgan fingerprint density at radius 1 is 1.23 bits per heavy atom. The van der Waals surface area contributed by atoms with Crippen LogP contribution >= 0.6 is 11.3 Å². The molecule has 1 unspecified atom stereocenters. The fourth-order valence-electron chi connectivity index (χ4n) is 4.30. The Morgan fingerprint density at radius 2 is 2.08 bits per heavy atom. The van der Waals surface area contributed by atoms with Crippen LogP contribution in [0.5, 0.6) is 0 Å². The molecule has 138 valence electrons. The molecule has 0 aromatic carbocycles. The number of hydrogen-bond donors (Lipinski definition) is 1. The minimum atomic E-state index is -0.442. The molecule has 1 N–H and O–H groups in total. The van der Waals surface area contributed by atoms with Gasteiger partial charge in [0.15, 0.2) is 0 Å². The van der Waals surface area contributed by atoms with Crippen molar-refractivity contribution in [3.63, 3.8) is 0 Å². The molecule has 3 aliphatic rings. The lowest BCUT2D eigenvalue weighted by Crippen LogP contribution is -2.31. The molecule has 1 saturated carbocycles. The van der Waals surface area contributed by atoms with Gasteiger partial charge in [0.25, 0.3) is 5.91 Å². The summed E-state index contributed by atoms with van der Waals surface area (Å²) in [5.74, 6) is 0.557. The third-order valence-corrected chi connectivity index (χ3v) is 7.05. The fourth-order valence-corrected chi connectivity index (χ4v) is 5.42. The van der Waals surface area contributed by atoms with Crippen molar-refractivity contribution in [3.05, 3.63) is 38.8 Å². The first-order valence-corrected chi connectivity index (χ1v) is 10.7. The zero-order chi connectivity index (χ0) is 17.7. The second-order valence-corrected chi connectivity index (χ2v) is 8.80. The van der Waals surface area contributed by atoms with Crippen molar-refractivity contribution in [2.24, 2.45) is 5.92 Å². The number of aliphatic hydroxyl groups is 1. The standard InChI is InChI=1S/C20H25N3O2S/c24-18(13-6-7-13)17-10-15-11-22(8-3-9-23(15)21-17)20(25)19-16-5-2-1-4-14(16)12-26-19/h10,12-13,18,24H,1-9,11H2. The number of fused-ring (bicyclic) bond motifs is 2. The van der Waals surface area contributed by atoms with Gasteiger partial charge in [0.1, 0.15) is 6.10 Å². The summed E-state index contributed by atoms with van der Waals surface area (Å²) < 4.78 is 2.00. The average Bonchev–Trinajstić information content (AvgIpc) is 3.36. The van der Waals surface area contributed by atoms with Crippen LogP contribution in [0.15, 0.2) is 11.4 Å². The van der Waals surface area contributed by atoms with Crippen LogP contribution in [0.1, 0.15) is 70.4 Å². The third kappa shape index (κ3) is 2.89. The molecule has 0 saturated heterocycles. The monoisotopic (exact) mass is 371 g/mol. The second-order valence-electron chi connectivity index (χ2n) is 7.92. The van der Waals surface area contributed by atoms with Crippen LogP contribution in [-0.2, 0) is 25.9 Å². The third-order valence-electron chi connectivity index (χ3n) is 5.99. The number of aromatic nitrogens is 2. The smallest absolute Gasteiger partial charge is 0.264 e. The van der Waals surface area contributed by atoms with E-state index in [1.54, 1.807) is 11.3 Å². The van der Waals surface area contributed by atoms with E-state index in [0.29, 0.717) is 12.5 Å². The van der Waals surface area contributed by atoms with Crippen LogP contribution in [0.25, 0.3) is 0 Å². The van der Waals surface area contributed by atoms with Crippen molar-refractivity contribution in [2.45, 2.75) is 64.1 Å². The van der Waals surface area contributed by atoms with Gasteiger partial charge in [-0.05, 0) is 73.4 Å². The topological polar surface area (TPSA) is 58.4 Å². The Kier molecular flexibility index (Phi) is 4.13. The van der Waals surface area contributed by atoms with Gasteiger partial charge in [-0.3, -0.25) is 9.48 Å². The van der Waals surface area contributed by atoms with Crippen molar-refractivity contribution in [2.75, 3.05) is 6.54 Å². The van der Waals surface area contributed by atoms with E-state index < -0.39 is 6.10 Å².